The van der Waals surface area contributed by atoms with E-state index in [0.717, 1.165) is 0 Å². The van der Waals surface area contributed by atoms with E-state index in [2.05, 4.69) is 15.5 Å². The highest BCUT2D eigenvalue weighted by molar-refractivity contribution is 5.93. The first-order valence-corrected chi connectivity index (χ1v) is 5.58. The molecule has 0 saturated carbocycles. The van der Waals surface area contributed by atoms with Gasteiger partial charge in [0.2, 0.25) is 5.91 Å². The summed E-state index contributed by atoms with van der Waals surface area (Å²) in [5.41, 5.74) is 5.81. The molecular weight excluding hydrogens is 236 g/mol. The fourth-order valence-corrected chi connectivity index (χ4v) is 1.65. The number of rotatable bonds is 4. The van der Waals surface area contributed by atoms with Gasteiger partial charge in [-0.15, -0.1) is 10.2 Å². The third-order valence-electron chi connectivity index (χ3n) is 2.67. The molecule has 3 N–H and O–H groups in total. The lowest BCUT2D eigenvalue weighted by Crippen LogP contribution is -2.31. The van der Waals surface area contributed by atoms with Crippen LogP contribution in [-0.4, -0.2) is 35.2 Å². The Balaban J connectivity index is 1.98. The van der Waals surface area contributed by atoms with Crippen molar-refractivity contribution in [3.8, 4) is 0 Å². The molecule has 96 valence electrons. The van der Waals surface area contributed by atoms with E-state index in [1.807, 2.05) is 0 Å². The topological polar surface area (TPSA) is 107 Å². The number of anilines is 1. The fraction of sp³-hybridized carbons (Fsp3) is 0.455. The summed E-state index contributed by atoms with van der Waals surface area (Å²) in [6.07, 6.45) is 0.401. The van der Waals surface area contributed by atoms with Crippen LogP contribution in [0.3, 0.4) is 0 Å². The van der Waals surface area contributed by atoms with E-state index in [9.17, 15) is 9.59 Å². The molecule has 0 unspecified atom stereocenters. The number of hydrogen-bond acceptors (Lipinski definition) is 5. The van der Waals surface area contributed by atoms with Gasteiger partial charge >= 0.3 is 0 Å². The van der Waals surface area contributed by atoms with Gasteiger partial charge in [-0.3, -0.25) is 9.59 Å². The summed E-state index contributed by atoms with van der Waals surface area (Å²) in [7, 11) is 0. The Morgan fingerprint density at radius 1 is 1.50 bits per heavy atom. The molecule has 0 bridgehead atoms. The second-order valence-electron chi connectivity index (χ2n) is 4.28. The lowest BCUT2D eigenvalue weighted by molar-refractivity contribution is -0.121. The molecule has 1 aliphatic heterocycles. The van der Waals surface area contributed by atoms with Gasteiger partial charge in [-0.1, -0.05) is 0 Å². The van der Waals surface area contributed by atoms with E-state index < -0.39 is 5.91 Å². The zero-order valence-corrected chi connectivity index (χ0v) is 9.97. The SMILES string of the molecule is Cc1cc(NC(=O)CC2COC2)nnc1C(N)=O. The summed E-state index contributed by atoms with van der Waals surface area (Å²) >= 11 is 0. The number of carbonyl (C=O) groups excluding carboxylic acids is 2. The van der Waals surface area contributed by atoms with E-state index in [1.54, 1.807) is 13.0 Å². The number of aromatic nitrogens is 2. The zero-order valence-electron chi connectivity index (χ0n) is 9.97. The van der Waals surface area contributed by atoms with Gasteiger partial charge in [0.05, 0.1) is 13.2 Å². The van der Waals surface area contributed by atoms with Crippen LogP contribution < -0.4 is 11.1 Å². The average Bonchev–Trinajstić information content (AvgIpc) is 2.23. The average molecular weight is 250 g/mol. The molecule has 0 aliphatic carbocycles. The molecule has 0 spiro atoms. The first-order chi connectivity index (χ1) is 8.56. The van der Waals surface area contributed by atoms with Crippen molar-refractivity contribution in [1.29, 1.82) is 0 Å². The minimum atomic E-state index is -0.635. The van der Waals surface area contributed by atoms with E-state index in [0.29, 0.717) is 31.0 Å². The number of ether oxygens (including phenoxy) is 1. The smallest absolute Gasteiger partial charge is 0.269 e. The van der Waals surface area contributed by atoms with Crippen molar-refractivity contribution in [2.75, 3.05) is 18.5 Å². The van der Waals surface area contributed by atoms with Crippen LogP contribution in [0, 0.1) is 12.8 Å². The number of primary amides is 1. The first kappa shape index (κ1) is 12.4. The van der Waals surface area contributed by atoms with Crippen LogP contribution in [0.4, 0.5) is 5.82 Å². The van der Waals surface area contributed by atoms with Gasteiger partial charge in [-0.05, 0) is 18.6 Å². The largest absolute Gasteiger partial charge is 0.381 e. The van der Waals surface area contributed by atoms with Crippen LogP contribution in [0.1, 0.15) is 22.5 Å². The molecule has 7 nitrogen and oxygen atoms in total. The van der Waals surface area contributed by atoms with Crippen molar-refractivity contribution in [2.24, 2.45) is 11.7 Å². The van der Waals surface area contributed by atoms with Crippen molar-refractivity contribution in [1.82, 2.24) is 10.2 Å². The second kappa shape index (κ2) is 5.09. The summed E-state index contributed by atoms with van der Waals surface area (Å²) in [6.45, 7) is 2.93. The number of hydrogen-bond donors (Lipinski definition) is 2. The Hall–Kier alpha value is -2.02. The normalized spacial score (nSPS) is 14.9. The lowest BCUT2D eigenvalue weighted by atomic mass is 10.0. The third-order valence-corrected chi connectivity index (χ3v) is 2.67. The van der Waals surface area contributed by atoms with E-state index in [4.69, 9.17) is 10.5 Å². The molecule has 1 aromatic heterocycles. The van der Waals surface area contributed by atoms with E-state index >= 15 is 0 Å². The number of amides is 2. The van der Waals surface area contributed by atoms with Crippen molar-refractivity contribution in [3.63, 3.8) is 0 Å². The molecule has 18 heavy (non-hydrogen) atoms. The molecule has 2 rings (SSSR count). The highest BCUT2D eigenvalue weighted by atomic mass is 16.5. The molecule has 7 heteroatoms. The Morgan fingerprint density at radius 3 is 2.72 bits per heavy atom. The molecule has 2 amide bonds. The van der Waals surface area contributed by atoms with E-state index in [1.165, 1.54) is 0 Å². The number of nitrogens with zero attached hydrogens (tertiary/aromatic N) is 2. The maximum absolute atomic E-state index is 11.6. The maximum Gasteiger partial charge on any atom is 0.269 e. The molecular formula is C11H14N4O3. The summed E-state index contributed by atoms with van der Waals surface area (Å²) < 4.78 is 4.99. The van der Waals surface area contributed by atoms with Gasteiger partial charge in [0, 0.05) is 12.3 Å². The van der Waals surface area contributed by atoms with Crippen molar-refractivity contribution in [2.45, 2.75) is 13.3 Å². The Kier molecular flexibility index (Phi) is 3.52. The molecule has 1 aromatic rings. The third kappa shape index (κ3) is 2.80. The van der Waals surface area contributed by atoms with Gasteiger partial charge < -0.3 is 15.8 Å². The minimum absolute atomic E-state index is 0.111. The highest BCUT2D eigenvalue weighted by Crippen LogP contribution is 2.15. The fourth-order valence-electron chi connectivity index (χ4n) is 1.65. The molecule has 1 saturated heterocycles. The van der Waals surface area contributed by atoms with Crippen molar-refractivity contribution >= 4 is 17.6 Å². The van der Waals surface area contributed by atoms with Crippen molar-refractivity contribution < 1.29 is 14.3 Å². The highest BCUT2D eigenvalue weighted by Gasteiger charge is 2.22. The Morgan fingerprint density at radius 2 is 2.22 bits per heavy atom. The number of nitrogens with two attached hydrogens (primary N) is 1. The zero-order chi connectivity index (χ0) is 13.1. The van der Waals surface area contributed by atoms with Gasteiger partial charge in [0.1, 0.15) is 0 Å². The predicted octanol–water partition coefficient (Wildman–Crippen LogP) is -0.141. The standard InChI is InChI=1S/C11H14N4O3/c1-6-2-8(14-15-10(6)11(12)17)13-9(16)3-7-4-18-5-7/h2,7H,3-5H2,1H3,(H2,12,17)(H,13,14,16). The summed E-state index contributed by atoms with van der Waals surface area (Å²) in [5.74, 6) is -0.167. The number of carbonyl (C=O) groups is 2. The molecule has 0 atom stereocenters. The van der Waals surface area contributed by atoms with Gasteiger partial charge in [0.15, 0.2) is 11.5 Å². The quantitative estimate of drug-likeness (QED) is 0.773. The predicted molar refractivity (Wildman–Crippen MR) is 62.8 cm³/mol. The van der Waals surface area contributed by atoms with Crippen molar-refractivity contribution in [3.05, 3.63) is 17.3 Å². The molecule has 2 heterocycles. The molecule has 1 aliphatic rings. The van der Waals surface area contributed by atoms with E-state index in [-0.39, 0.29) is 17.5 Å². The lowest BCUT2D eigenvalue weighted by Gasteiger charge is -2.24. The van der Waals surface area contributed by atoms with Gasteiger partial charge in [-0.2, -0.15) is 0 Å². The van der Waals surface area contributed by atoms with Crippen LogP contribution in [0.25, 0.3) is 0 Å². The second-order valence-corrected chi connectivity index (χ2v) is 4.28. The number of nitrogens with one attached hydrogen (secondary N) is 1. The summed E-state index contributed by atoms with van der Waals surface area (Å²) in [6, 6.07) is 1.57. The summed E-state index contributed by atoms with van der Waals surface area (Å²) in [5, 5.41) is 10.0. The van der Waals surface area contributed by atoms with Crippen LogP contribution >= 0.6 is 0 Å². The monoisotopic (exact) mass is 250 g/mol. The summed E-state index contributed by atoms with van der Waals surface area (Å²) in [4.78, 5) is 22.6. The van der Waals surface area contributed by atoms with Crippen LogP contribution in [0.5, 0.6) is 0 Å². The Bertz CT molecular complexity index is 485. The maximum atomic E-state index is 11.6. The molecule has 0 radical (unpaired) electrons. The van der Waals surface area contributed by atoms with Gasteiger partial charge in [-0.25, -0.2) is 0 Å². The molecule has 1 fully saturated rings. The molecule has 0 aromatic carbocycles. The number of aryl methyl sites for hydroxylation is 1. The van der Waals surface area contributed by atoms with Crippen LogP contribution in [0.15, 0.2) is 6.07 Å². The van der Waals surface area contributed by atoms with Crippen LogP contribution in [0.2, 0.25) is 0 Å². The minimum Gasteiger partial charge on any atom is -0.381 e. The van der Waals surface area contributed by atoms with Crippen LogP contribution in [-0.2, 0) is 9.53 Å². The van der Waals surface area contributed by atoms with Gasteiger partial charge in [0.25, 0.3) is 5.91 Å². The Labute approximate surface area is 104 Å². The first-order valence-electron chi connectivity index (χ1n) is 5.58.